The van der Waals surface area contributed by atoms with Gasteiger partial charge < -0.3 is 14.6 Å². The first-order valence-electron chi connectivity index (χ1n) is 8.75. The molecule has 1 amide bonds. The fourth-order valence-electron chi connectivity index (χ4n) is 2.68. The van der Waals surface area contributed by atoms with Crippen LogP contribution in [0.2, 0.25) is 0 Å². The van der Waals surface area contributed by atoms with E-state index >= 15 is 0 Å². The number of carbonyl (C=O) groups excluding carboxylic acids is 1. The largest absolute Gasteiger partial charge is 0.490 e. The fraction of sp³-hybridized carbons (Fsp3) is 0.529. The molecule has 0 spiro atoms. The van der Waals surface area contributed by atoms with Crippen LogP contribution in [-0.2, 0) is 35.8 Å². The number of hydrogen-bond acceptors (Lipinski definition) is 6. The Morgan fingerprint density at radius 3 is 2.55 bits per heavy atom. The quantitative estimate of drug-likeness (QED) is 0.796. The molecule has 3 rings (SSSR count). The lowest BCUT2D eigenvalue weighted by Crippen LogP contribution is -2.25. The minimum absolute atomic E-state index is 0.0466. The molecular weight excluding hydrogens is 411 g/mol. The van der Waals surface area contributed by atoms with E-state index < -0.39 is 12.1 Å². The molecule has 0 saturated carbocycles. The highest BCUT2D eigenvalue weighted by Crippen LogP contribution is 2.18. The SMILES string of the molecule is CC(=O)N(C)Cc1nnc2n1CCCN(Cc1cccs1)C2.O=C(O)C(F)(F)F. The highest BCUT2D eigenvalue weighted by atomic mass is 32.1. The number of rotatable bonds is 4. The zero-order chi connectivity index (χ0) is 21.6. The molecule has 2 aromatic heterocycles. The summed E-state index contributed by atoms with van der Waals surface area (Å²) in [4.78, 5) is 25.8. The Labute approximate surface area is 169 Å². The summed E-state index contributed by atoms with van der Waals surface area (Å²) < 4.78 is 33.9. The van der Waals surface area contributed by atoms with Crippen LogP contribution in [0.25, 0.3) is 0 Å². The lowest BCUT2D eigenvalue weighted by molar-refractivity contribution is -0.192. The Morgan fingerprint density at radius 1 is 1.31 bits per heavy atom. The molecule has 12 heteroatoms. The number of aliphatic carboxylic acids is 1. The predicted octanol–water partition coefficient (Wildman–Crippen LogP) is 2.36. The summed E-state index contributed by atoms with van der Waals surface area (Å²) in [5, 5.41) is 17.9. The number of alkyl halides is 3. The van der Waals surface area contributed by atoms with Gasteiger partial charge in [-0.3, -0.25) is 9.69 Å². The molecule has 0 atom stereocenters. The number of carboxylic acids is 1. The third-order valence-corrected chi connectivity index (χ3v) is 5.10. The summed E-state index contributed by atoms with van der Waals surface area (Å²) in [5.74, 6) is -0.829. The third-order valence-electron chi connectivity index (χ3n) is 4.24. The molecule has 1 aliphatic heterocycles. The first-order valence-corrected chi connectivity index (χ1v) is 9.63. The fourth-order valence-corrected chi connectivity index (χ4v) is 3.42. The van der Waals surface area contributed by atoms with Crippen LogP contribution in [0.1, 0.15) is 29.9 Å². The first-order chi connectivity index (χ1) is 13.6. The lowest BCUT2D eigenvalue weighted by atomic mass is 10.3. The van der Waals surface area contributed by atoms with Crippen molar-refractivity contribution >= 4 is 23.2 Å². The van der Waals surface area contributed by atoms with Crippen LogP contribution < -0.4 is 0 Å². The molecule has 1 N–H and O–H groups in total. The highest BCUT2D eigenvalue weighted by molar-refractivity contribution is 7.09. The molecule has 0 aromatic carbocycles. The van der Waals surface area contributed by atoms with E-state index in [-0.39, 0.29) is 5.91 Å². The van der Waals surface area contributed by atoms with Gasteiger partial charge >= 0.3 is 12.1 Å². The van der Waals surface area contributed by atoms with Crippen molar-refractivity contribution in [3.05, 3.63) is 34.0 Å². The second kappa shape index (κ2) is 9.83. The second-order valence-corrected chi connectivity index (χ2v) is 7.54. The van der Waals surface area contributed by atoms with Gasteiger partial charge in [-0.15, -0.1) is 21.5 Å². The average Bonchev–Trinajstić information content (AvgIpc) is 3.21. The van der Waals surface area contributed by atoms with Gasteiger partial charge in [0.05, 0.1) is 13.1 Å². The van der Waals surface area contributed by atoms with E-state index in [0.29, 0.717) is 6.54 Å². The number of halogens is 3. The minimum atomic E-state index is -5.08. The Bertz CT molecular complexity index is 823. The summed E-state index contributed by atoms with van der Waals surface area (Å²) in [5.41, 5.74) is 0. The van der Waals surface area contributed by atoms with E-state index in [4.69, 9.17) is 9.90 Å². The molecule has 0 saturated heterocycles. The number of aromatic nitrogens is 3. The maximum absolute atomic E-state index is 11.4. The van der Waals surface area contributed by atoms with Gasteiger partial charge in [-0.1, -0.05) is 6.07 Å². The van der Waals surface area contributed by atoms with Gasteiger partial charge in [0.2, 0.25) is 5.91 Å². The van der Waals surface area contributed by atoms with Gasteiger partial charge in [0, 0.05) is 38.5 Å². The van der Waals surface area contributed by atoms with Crippen molar-refractivity contribution < 1.29 is 27.9 Å². The van der Waals surface area contributed by atoms with E-state index in [1.807, 2.05) is 0 Å². The van der Waals surface area contributed by atoms with Gasteiger partial charge in [0.25, 0.3) is 0 Å². The molecule has 160 valence electrons. The summed E-state index contributed by atoms with van der Waals surface area (Å²) in [6.45, 7) is 5.85. The number of fused-ring (bicyclic) bond motifs is 1. The summed E-state index contributed by atoms with van der Waals surface area (Å²) in [7, 11) is 1.80. The number of thiophene rings is 1. The molecule has 0 fully saturated rings. The van der Waals surface area contributed by atoms with Crippen molar-refractivity contribution in [2.45, 2.75) is 45.7 Å². The molecule has 0 unspecified atom stereocenters. The highest BCUT2D eigenvalue weighted by Gasteiger charge is 2.38. The number of carboxylic acid groups (broad SMARTS) is 1. The number of carbonyl (C=O) groups is 2. The second-order valence-electron chi connectivity index (χ2n) is 6.51. The summed E-state index contributed by atoms with van der Waals surface area (Å²) in [6, 6.07) is 4.27. The molecule has 0 radical (unpaired) electrons. The predicted molar refractivity (Wildman–Crippen MR) is 98.9 cm³/mol. The summed E-state index contributed by atoms with van der Waals surface area (Å²) in [6.07, 6.45) is -4.01. The van der Waals surface area contributed by atoms with Crippen molar-refractivity contribution in [1.82, 2.24) is 24.6 Å². The van der Waals surface area contributed by atoms with Gasteiger partial charge in [0.15, 0.2) is 5.82 Å². The smallest absolute Gasteiger partial charge is 0.475 e. The Balaban J connectivity index is 0.000000370. The van der Waals surface area contributed by atoms with E-state index in [1.54, 1.807) is 30.2 Å². The average molecular weight is 433 g/mol. The third kappa shape index (κ3) is 6.82. The molecule has 0 bridgehead atoms. The van der Waals surface area contributed by atoms with Crippen molar-refractivity contribution in [2.75, 3.05) is 13.6 Å². The van der Waals surface area contributed by atoms with E-state index in [0.717, 1.165) is 44.2 Å². The standard InChI is InChI=1S/C15H21N5OS.C2HF3O2/c1-12(21)18(2)10-14-16-17-15-11-19(6-4-7-20(14)15)9-13-5-3-8-22-13;3-2(4,5)1(6)7/h3,5,8H,4,6-7,9-11H2,1-2H3;(H,6,7). The first kappa shape index (κ1) is 22.8. The van der Waals surface area contributed by atoms with Crippen LogP contribution in [-0.4, -0.2) is 61.3 Å². The van der Waals surface area contributed by atoms with E-state index in [1.165, 1.54) is 4.88 Å². The number of nitrogens with zero attached hydrogens (tertiary/aromatic N) is 5. The number of hydrogen-bond donors (Lipinski definition) is 1. The Kier molecular flexibility index (Phi) is 7.73. The van der Waals surface area contributed by atoms with Crippen molar-refractivity contribution in [3.63, 3.8) is 0 Å². The van der Waals surface area contributed by atoms with Crippen LogP contribution in [0.15, 0.2) is 17.5 Å². The van der Waals surface area contributed by atoms with Gasteiger partial charge in [-0.05, 0) is 17.9 Å². The molecule has 0 aliphatic carbocycles. The van der Waals surface area contributed by atoms with Gasteiger partial charge in [-0.25, -0.2) is 4.79 Å². The molecule has 2 aromatic rings. The van der Waals surface area contributed by atoms with Crippen molar-refractivity contribution in [2.24, 2.45) is 0 Å². The van der Waals surface area contributed by atoms with E-state index in [2.05, 4.69) is 37.2 Å². The molecule has 8 nitrogen and oxygen atoms in total. The minimum Gasteiger partial charge on any atom is -0.475 e. The Morgan fingerprint density at radius 2 is 2.00 bits per heavy atom. The van der Waals surface area contributed by atoms with Gasteiger partial charge in [0.1, 0.15) is 5.82 Å². The van der Waals surface area contributed by atoms with E-state index in [9.17, 15) is 18.0 Å². The topological polar surface area (TPSA) is 91.6 Å². The molecular formula is C17H22F3N5O3S. The van der Waals surface area contributed by atoms with Crippen LogP contribution in [0.4, 0.5) is 13.2 Å². The zero-order valence-corrected chi connectivity index (χ0v) is 16.8. The maximum Gasteiger partial charge on any atom is 0.490 e. The lowest BCUT2D eigenvalue weighted by Gasteiger charge is -2.17. The van der Waals surface area contributed by atoms with Crippen LogP contribution >= 0.6 is 11.3 Å². The van der Waals surface area contributed by atoms with Crippen LogP contribution in [0.3, 0.4) is 0 Å². The molecule has 3 heterocycles. The maximum atomic E-state index is 11.4. The van der Waals surface area contributed by atoms with Crippen molar-refractivity contribution in [1.29, 1.82) is 0 Å². The van der Waals surface area contributed by atoms with Gasteiger partial charge in [-0.2, -0.15) is 13.2 Å². The monoisotopic (exact) mass is 433 g/mol. The molecule has 1 aliphatic rings. The van der Waals surface area contributed by atoms with Crippen LogP contribution in [0, 0.1) is 0 Å². The zero-order valence-electron chi connectivity index (χ0n) is 16.0. The summed E-state index contributed by atoms with van der Waals surface area (Å²) >= 11 is 1.79. The van der Waals surface area contributed by atoms with Crippen LogP contribution in [0.5, 0.6) is 0 Å². The number of amides is 1. The Hall–Kier alpha value is -2.47. The van der Waals surface area contributed by atoms with Crippen molar-refractivity contribution in [3.8, 4) is 0 Å². The molecule has 29 heavy (non-hydrogen) atoms. The normalized spacial score (nSPS) is 14.4.